The fourth-order valence-corrected chi connectivity index (χ4v) is 3.10. The second-order valence-electron chi connectivity index (χ2n) is 6.11. The van der Waals surface area contributed by atoms with Crippen LogP contribution in [0.25, 0.3) is 0 Å². The molecular weight excluding hydrogens is 326 g/mol. The molecule has 0 saturated carbocycles. The maximum absolute atomic E-state index is 12.8. The van der Waals surface area contributed by atoms with Crippen LogP contribution in [0.15, 0.2) is 24.3 Å². The van der Waals surface area contributed by atoms with Gasteiger partial charge in [-0.1, -0.05) is 0 Å². The van der Waals surface area contributed by atoms with Crippen LogP contribution in [0.1, 0.15) is 27.7 Å². The van der Waals surface area contributed by atoms with E-state index in [1.165, 1.54) is 7.11 Å². The second-order valence-corrected chi connectivity index (χ2v) is 6.11. The smallest absolute Gasteiger partial charge is 0.345 e. The van der Waals surface area contributed by atoms with Gasteiger partial charge in [-0.3, -0.25) is 9.69 Å². The molecule has 25 heavy (non-hydrogen) atoms. The lowest BCUT2D eigenvalue weighted by molar-refractivity contribution is -0.183. The Morgan fingerprint density at radius 3 is 1.88 bits per heavy atom. The molecule has 1 amide bonds. The Morgan fingerprint density at radius 1 is 1.00 bits per heavy atom. The summed E-state index contributed by atoms with van der Waals surface area (Å²) in [4.78, 5) is 39.5. The van der Waals surface area contributed by atoms with Crippen LogP contribution in [0.2, 0.25) is 0 Å². The lowest BCUT2D eigenvalue weighted by Crippen LogP contribution is -2.83. The van der Waals surface area contributed by atoms with Gasteiger partial charge in [0.1, 0.15) is 5.75 Å². The minimum atomic E-state index is -1.86. The van der Waals surface area contributed by atoms with Gasteiger partial charge in [0.05, 0.1) is 25.7 Å². The molecule has 1 fully saturated rings. The Balaban J connectivity index is 2.59. The van der Waals surface area contributed by atoms with Gasteiger partial charge >= 0.3 is 11.9 Å². The fraction of sp³-hybridized carbons (Fsp3) is 0.500. The van der Waals surface area contributed by atoms with Gasteiger partial charge in [0, 0.05) is 5.69 Å². The van der Waals surface area contributed by atoms with E-state index in [-0.39, 0.29) is 19.1 Å². The first kappa shape index (κ1) is 18.8. The standard InChI is InChI=1S/C18H23NO6/c1-6-24-15(21)18(16(22)25-7-2)17(3,4)14(20)19(18)12-8-10-13(23-5)11-9-12/h8-11H,6-7H2,1-5H3. The molecule has 0 bridgehead atoms. The highest BCUT2D eigenvalue weighted by Crippen LogP contribution is 2.52. The van der Waals surface area contributed by atoms with Crippen LogP contribution in [0.4, 0.5) is 5.69 Å². The van der Waals surface area contributed by atoms with Gasteiger partial charge in [-0.05, 0) is 52.0 Å². The molecule has 0 aromatic heterocycles. The number of ether oxygens (including phenoxy) is 3. The highest BCUT2D eigenvalue weighted by molar-refractivity contribution is 6.27. The van der Waals surface area contributed by atoms with E-state index >= 15 is 0 Å². The van der Waals surface area contributed by atoms with Crippen molar-refractivity contribution in [2.24, 2.45) is 5.41 Å². The Hall–Kier alpha value is -2.57. The molecule has 0 N–H and O–H groups in total. The first-order chi connectivity index (χ1) is 11.8. The molecule has 0 spiro atoms. The van der Waals surface area contributed by atoms with Crippen molar-refractivity contribution in [1.29, 1.82) is 0 Å². The van der Waals surface area contributed by atoms with Gasteiger partial charge in [0.25, 0.3) is 5.54 Å². The average molecular weight is 349 g/mol. The monoisotopic (exact) mass is 349 g/mol. The molecule has 1 aromatic carbocycles. The second kappa shape index (κ2) is 6.74. The Kier molecular flexibility index (Phi) is 5.06. The molecule has 1 aliphatic rings. The minimum Gasteiger partial charge on any atom is -0.497 e. The molecule has 1 aromatic rings. The summed E-state index contributed by atoms with van der Waals surface area (Å²) in [5, 5.41) is 0. The number of methoxy groups -OCH3 is 1. The van der Waals surface area contributed by atoms with Crippen molar-refractivity contribution in [3.8, 4) is 5.75 Å². The lowest BCUT2D eigenvalue weighted by atomic mass is 9.61. The zero-order chi connectivity index (χ0) is 18.8. The van der Waals surface area contributed by atoms with E-state index in [4.69, 9.17) is 14.2 Å². The minimum absolute atomic E-state index is 0.0840. The number of carbonyl (C=O) groups excluding carboxylic acids is 3. The third kappa shape index (κ3) is 2.54. The number of amides is 1. The molecular formula is C18H23NO6. The molecule has 0 radical (unpaired) electrons. The summed E-state index contributed by atoms with van der Waals surface area (Å²) in [6, 6.07) is 6.52. The molecule has 1 saturated heterocycles. The molecule has 7 nitrogen and oxygen atoms in total. The molecule has 0 unspecified atom stereocenters. The molecule has 1 aliphatic heterocycles. The van der Waals surface area contributed by atoms with Gasteiger partial charge in [-0.25, -0.2) is 9.59 Å². The van der Waals surface area contributed by atoms with E-state index in [1.54, 1.807) is 52.0 Å². The summed E-state index contributed by atoms with van der Waals surface area (Å²) in [7, 11) is 1.52. The van der Waals surface area contributed by atoms with Crippen molar-refractivity contribution in [3.05, 3.63) is 24.3 Å². The molecule has 2 rings (SSSR count). The summed E-state index contributed by atoms with van der Waals surface area (Å²) in [5.41, 5.74) is -2.75. The number of rotatable bonds is 6. The number of anilines is 1. The van der Waals surface area contributed by atoms with Crippen molar-refractivity contribution in [3.63, 3.8) is 0 Å². The van der Waals surface area contributed by atoms with Crippen LogP contribution in [0.5, 0.6) is 5.75 Å². The van der Waals surface area contributed by atoms with E-state index in [1.807, 2.05) is 0 Å². The zero-order valence-corrected chi connectivity index (χ0v) is 15.1. The van der Waals surface area contributed by atoms with Gasteiger partial charge in [-0.15, -0.1) is 0 Å². The summed E-state index contributed by atoms with van der Waals surface area (Å²) in [6.07, 6.45) is 0. The number of hydrogen-bond donors (Lipinski definition) is 0. The van der Waals surface area contributed by atoms with E-state index in [0.717, 1.165) is 4.90 Å². The summed E-state index contributed by atoms with van der Waals surface area (Å²) in [5.74, 6) is -1.37. The van der Waals surface area contributed by atoms with Gasteiger partial charge in [0.15, 0.2) is 0 Å². The third-order valence-electron chi connectivity index (χ3n) is 4.45. The predicted molar refractivity (Wildman–Crippen MR) is 90.3 cm³/mol. The van der Waals surface area contributed by atoms with E-state index in [2.05, 4.69) is 0 Å². The molecule has 7 heteroatoms. The fourth-order valence-electron chi connectivity index (χ4n) is 3.10. The largest absolute Gasteiger partial charge is 0.497 e. The van der Waals surface area contributed by atoms with E-state index in [0.29, 0.717) is 11.4 Å². The van der Waals surface area contributed by atoms with Crippen molar-refractivity contribution < 1.29 is 28.6 Å². The van der Waals surface area contributed by atoms with Crippen LogP contribution in [0, 0.1) is 5.41 Å². The quantitative estimate of drug-likeness (QED) is 0.443. The van der Waals surface area contributed by atoms with Crippen molar-refractivity contribution in [2.75, 3.05) is 25.2 Å². The number of hydrogen-bond acceptors (Lipinski definition) is 6. The highest BCUT2D eigenvalue weighted by Gasteiger charge is 2.77. The first-order valence-corrected chi connectivity index (χ1v) is 8.12. The number of β-lactam (4-membered cyclic amide) rings is 1. The Labute approximate surface area is 146 Å². The third-order valence-corrected chi connectivity index (χ3v) is 4.45. The van der Waals surface area contributed by atoms with Crippen LogP contribution >= 0.6 is 0 Å². The summed E-state index contributed by atoms with van der Waals surface area (Å²) < 4.78 is 15.4. The summed E-state index contributed by atoms with van der Waals surface area (Å²) in [6.45, 7) is 6.54. The topological polar surface area (TPSA) is 82.1 Å². The zero-order valence-electron chi connectivity index (χ0n) is 15.1. The summed E-state index contributed by atoms with van der Waals surface area (Å²) >= 11 is 0. The van der Waals surface area contributed by atoms with Crippen LogP contribution in [0.3, 0.4) is 0 Å². The maximum atomic E-state index is 12.8. The molecule has 136 valence electrons. The first-order valence-electron chi connectivity index (χ1n) is 8.12. The maximum Gasteiger partial charge on any atom is 0.345 e. The Bertz CT molecular complexity index is 661. The van der Waals surface area contributed by atoms with Gasteiger partial charge in [-0.2, -0.15) is 0 Å². The molecule has 0 aliphatic carbocycles. The highest BCUT2D eigenvalue weighted by atomic mass is 16.6. The predicted octanol–water partition coefficient (Wildman–Crippen LogP) is 1.93. The van der Waals surface area contributed by atoms with Crippen LogP contribution in [-0.2, 0) is 23.9 Å². The SMILES string of the molecule is CCOC(=O)C1(C(=O)OCC)N(c2ccc(OC)cc2)C(=O)C1(C)C. The number of benzene rings is 1. The number of nitrogens with zero attached hydrogens (tertiary/aromatic N) is 1. The lowest BCUT2D eigenvalue weighted by Gasteiger charge is -2.57. The van der Waals surface area contributed by atoms with Crippen molar-refractivity contribution in [1.82, 2.24) is 0 Å². The normalized spacial score (nSPS) is 17.5. The van der Waals surface area contributed by atoms with E-state index in [9.17, 15) is 14.4 Å². The Morgan fingerprint density at radius 2 is 1.48 bits per heavy atom. The van der Waals surface area contributed by atoms with Crippen molar-refractivity contribution >= 4 is 23.5 Å². The molecule has 1 heterocycles. The number of esters is 2. The number of carbonyl (C=O) groups is 3. The van der Waals surface area contributed by atoms with Gasteiger partial charge in [0.2, 0.25) is 5.91 Å². The van der Waals surface area contributed by atoms with E-state index < -0.39 is 22.9 Å². The van der Waals surface area contributed by atoms with Crippen LogP contribution in [-0.4, -0.2) is 43.7 Å². The molecule has 0 atom stereocenters. The van der Waals surface area contributed by atoms with Gasteiger partial charge < -0.3 is 14.2 Å². The van der Waals surface area contributed by atoms with Crippen LogP contribution < -0.4 is 9.64 Å². The average Bonchev–Trinajstić information content (AvgIpc) is 2.59. The van der Waals surface area contributed by atoms with Crippen molar-refractivity contribution in [2.45, 2.75) is 33.2 Å².